The molecule has 0 amide bonds. The molecule has 0 fully saturated rings. The van der Waals surface area contributed by atoms with E-state index in [2.05, 4.69) is 0 Å². The van der Waals surface area contributed by atoms with Gasteiger partial charge in [0.25, 0.3) is 0 Å². The lowest BCUT2D eigenvalue weighted by molar-refractivity contribution is 0.174. The van der Waals surface area contributed by atoms with Crippen LogP contribution in [0.15, 0.2) is 18.2 Å². The summed E-state index contributed by atoms with van der Waals surface area (Å²) in [6.45, 7) is 0.278. The standard InChI is InChI=1S/C10H11NO3/c1-12-10(11)5-7-2-3-8-9(4-7)14-6-13-8/h2-4,11H,5-6H2,1H3. The first-order valence-corrected chi connectivity index (χ1v) is 4.29. The highest BCUT2D eigenvalue weighted by atomic mass is 16.7. The smallest absolute Gasteiger partial charge is 0.231 e. The van der Waals surface area contributed by atoms with Gasteiger partial charge in [0, 0.05) is 6.42 Å². The van der Waals surface area contributed by atoms with E-state index in [1.54, 1.807) is 0 Å². The molecule has 0 bridgehead atoms. The summed E-state index contributed by atoms with van der Waals surface area (Å²) in [7, 11) is 1.50. The van der Waals surface area contributed by atoms with Crippen LogP contribution in [0, 0.1) is 5.41 Å². The van der Waals surface area contributed by atoms with E-state index in [4.69, 9.17) is 19.6 Å². The monoisotopic (exact) mass is 193 g/mol. The van der Waals surface area contributed by atoms with Crippen LogP contribution in [-0.2, 0) is 11.2 Å². The minimum absolute atomic E-state index is 0.240. The first-order valence-electron chi connectivity index (χ1n) is 4.29. The van der Waals surface area contributed by atoms with E-state index >= 15 is 0 Å². The maximum Gasteiger partial charge on any atom is 0.231 e. The zero-order valence-electron chi connectivity index (χ0n) is 7.87. The van der Waals surface area contributed by atoms with Crippen LogP contribution in [0.25, 0.3) is 0 Å². The molecule has 14 heavy (non-hydrogen) atoms. The fourth-order valence-corrected chi connectivity index (χ4v) is 1.31. The average molecular weight is 193 g/mol. The Hall–Kier alpha value is -1.71. The van der Waals surface area contributed by atoms with Crippen molar-refractivity contribution in [1.29, 1.82) is 5.41 Å². The third kappa shape index (κ3) is 1.64. The summed E-state index contributed by atoms with van der Waals surface area (Å²) in [6.07, 6.45) is 0.479. The van der Waals surface area contributed by atoms with Crippen LogP contribution in [-0.4, -0.2) is 19.8 Å². The van der Waals surface area contributed by atoms with E-state index < -0.39 is 0 Å². The predicted octanol–water partition coefficient (Wildman–Crippen LogP) is 1.58. The van der Waals surface area contributed by atoms with Crippen LogP contribution >= 0.6 is 0 Å². The summed E-state index contributed by atoms with van der Waals surface area (Å²) >= 11 is 0. The van der Waals surface area contributed by atoms with Crippen molar-refractivity contribution in [1.82, 2.24) is 0 Å². The lowest BCUT2D eigenvalue weighted by atomic mass is 10.1. The summed E-state index contributed by atoms with van der Waals surface area (Å²) in [5, 5.41) is 7.38. The molecule has 0 radical (unpaired) electrons. The number of hydrogen-bond donors (Lipinski definition) is 1. The van der Waals surface area contributed by atoms with Gasteiger partial charge in [-0.3, -0.25) is 5.41 Å². The fraction of sp³-hybridized carbons (Fsp3) is 0.300. The molecule has 4 heteroatoms. The molecule has 74 valence electrons. The quantitative estimate of drug-likeness (QED) is 0.573. The first kappa shape index (κ1) is 8.87. The molecule has 0 aliphatic carbocycles. The second-order valence-electron chi connectivity index (χ2n) is 2.99. The average Bonchev–Trinajstić information content (AvgIpc) is 2.64. The molecule has 1 aromatic carbocycles. The molecule has 1 heterocycles. The number of nitrogens with one attached hydrogen (secondary N) is 1. The lowest BCUT2D eigenvalue weighted by Crippen LogP contribution is -2.03. The molecular formula is C10H11NO3. The Bertz CT molecular complexity index is 362. The number of ether oxygens (including phenoxy) is 3. The van der Waals surface area contributed by atoms with E-state index in [-0.39, 0.29) is 12.7 Å². The van der Waals surface area contributed by atoms with Gasteiger partial charge in [0.1, 0.15) is 0 Å². The Morgan fingerprint density at radius 2 is 2.21 bits per heavy atom. The van der Waals surface area contributed by atoms with Crippen molar-refractivity contribution in [2.45, 2.75) is 6.42 Å². The van der Waals surface area contributed by atoms with E-state index in [0.717, 1.165) is 17.1 Å². The van der Waals surface area contributed by atoms with E-state index in [1.165, 1.54) is 7.11 Å². The van der Waals surface area contributed by atoms with Gasteiger partial charge in [0.2, 0.25) is 6.79 Å². The fourth-order valence-electron chi connectivity index (χ4n) is 1.31. The van der Waals surface area contributed by atoms with Crippen molar-refractivity contribution in [3.05, 3.63) is 23.8 Å². The van der Waals surface area contributed by atoms with Crippen molar-refractivity contribution in [2.75, 3.05) is 13.9 Å². The topological polar surface area (TPSA) is 51.5 Å². The number of methoxy groups -OCH3 is 1. The highest BCUT2D eigenvalue weighted by molar-refractivity contribution is 5.75. The second-order valence-corrected chi connectivity index (χ2v) is 2.99. The van der Waals surface area contributed by atoms with Gasteiger partial charge in [0.05, 0.1) is 7.11 Å². The third-order valence-corrected chi connectivity index (χ3v) is 2.05. The Kier molecular flexibility index (Phi) is 2.26. The Labute approximate surface area is 81.9 Å². The highest BCUT2D eigenvalue weighted by Gasteiger charge is 2.13. The van der Waals surface area contributed by atoms with Gasteiger partial charge in [-0.05, 0) is 17.7 Å². The van der Waals surface area contributed by atoms with Gasteiger partial charge in [-0.25, -0.2) is 0 Å². The number of rotatable bonds is 2. The van der Waals surface area contributed by atoms with Gasteiger partial charge in [-0.1, -0.05) is 6.07 Å². The van der Waals surface area contributed by atoms with Gasteiger partial charge >= 0.3 is 0 Å². The van der Waals surface area contributed by atoms with Crippen LogP contribution in [0.5, 0.6) is 11.5 Å². The molecule has 0 unspecified atom stereocenters. The molecule has 0 atom stereocenters. The molecule has 1 aliphatic rings. The Balaban J connectivity index is 2.16. The van der Waals surface area contributed by atoms with E-state index in [0.29, 0.717) is 6.42 Å². The molecule has 2 rings (SSSR count). The molecule has 0 saturated carbocycles. The molecule has 0 aromatic heterocycles. The summed E-state index contributed by atoms with van der Waals surface area (Å²) in [5.74, 6) is 1.74. The number of fused-ring (bicyclic) bond motifs is 1. The SMILES string of the molecule is COC(=N)Cc1ccc2c(c1)OCO2. The van der Waals surface area contributed by atoms with Crippen LogP contribution < -0.4 is 9.47 Å². The van der Waals surface area contributed by atoms with Crippen LogP contribution in [0.1, 0.15) is 5.56 Å². The molecule has 1 aliphatic heterocycles. The van der Waals surface area contributed by atoms with Crippen LogP contribution in [0.2, 0.25) is 0 Å². The zero-order valence-corrected chi connectivity index (χ0v) is 7.87. The third-order valence-electron chi connectivity index (χ3n) is 2.05. The first-order chi connectivity index (χ1) is 6.79. The normalized spacial score (nSPS) is 12.6. The van der Waals surface area contributed by atoms with E-state index in [9.17, 15) is 0 Å². The molecule has 4 nitrogen and oxygen atoms in total. The minimum atomic E-state index is 0.240. The maximum absolute atomic E-state index is 7.38. The van der Waals surface area contributed by atoms with Gasteiger partial charge in [0.15, 0.2) is 17.4 Å². The van der Waals surface area contributed by atoms with Crippen molar-refractivity contribution in [3.8, 4) is 11.5 Å². The maximum atomic E-state index is 7.38. The van der Waals surface area contributed by atoms with Crippen molar-refractivity contribution < 1.29 is 14.2 Å². The predicted molar refractivity (Wildman–Crippen MR) is 51.0 cm³/mol. The zero-order chi connectivity index (χ0) is 9.97. The molecule has 0 saturated heterocycles. The van der Waals surface area contributed by atoms with Gasteiger partial charge in [-0.2, -0.15) is 0 Å². The summed E-state index contributed by atoms with van der Waals surface area (Å²) in [6, 6.07) is 5.62. The summed E-state index contributed by atoms with van der Waals surface area (Å²) < 4.78 is 15.2. The van der Waals surface area contributed by atoms with Crippen LogP contribution in [0.3, 0.4) is 0 Å². The Morgan fingerprint density at radius 1 is 1.43 bits per heavy atom. The number of hydrogen-bond acceptors (Lipinski definition) is 4. The van der Waals surface area contributed by atoms with Crippen molar-refractivity contribution in [3.63, 3.8) is 0 Å². The second kappa shape index (κ2) is 3.57. The molecule has 0 spiro atoms. The molecular weight excluding hydrogens is 182 g/mol. The van der Waals surface area contributed by atoms with Crippen molar-refractivity contribution >= 4 is 5.90 Å². The minimum Gasteiger partial charge on any atom is -0.484 e. The summed E-state index contributed by atoms with van der Waals surface area (Å²) in [4.78, 5) is 0. The van der Waals surface area contributed by atoms with E-state index in [1.807, 2.05) is 18.2 Å². The van der Waals surface area contributed by atoms with Crippen molar-refractivity contribution in [2.24, 2.45) is 0 Å². The van der Waals surface area contributed by atoms with Gasteiger partial charge < -0.3 is 14.2 Å². The van der Waals surface area contributed by atoms with Crippen LogP contribution in [0.4, 0.5) is 0 Å². The lowest BCUT2D eigenvalue weighted by Gasteiger charge is -2.03. The number of benzene rings is 1. The van der Waals surface area contributed by atoms with Gasteiger partial charge in [-0.15, -0.1) is 0 Å². The molecule has 1 N–H and O–H groups in total. The largest absolute Gasteiger partial charge is 0.484 e. The highest BCUT2D eigenvalue weighted by Crippen LogP contribution is 2.32. The summed E-state index contributed by atoms with van der Waals surface area (Å²) in [5.41, 5.74) is 0.987. The molecule has 1 aromatic rings. The Morgan fingerprint density at radius 3 is 3.00 bits per heavy atom.